The summed E-state index contributed by atoms with van der Waals surface area (Å²) in [6, 6.07) is 0. The van der Waals surface area contributed by atoms with Gasteiger partial charge in [-0.05, 0) is 50.6 Å². The van der Waals surface area contributed by atoms with Crippen molar-refractivity contribution in [3.63, 3.8) is 0 Å². The molecule has 17 heavy (non-hydrogen) atoms. The minimum atomic E-state index is 0.402. The van der Waals surface area contributed by atoms with E-state index in [9.17, 15) is 4.79 Å². The van der Waals surface area contributed by atoms with Crippen LogP contribution in [0.15, 0.2) is 0 Å². The number of carbonyl (C=O) groups is 1. The third-order valence-corrected chi connectivity index (χ3v) is 4.44. The molecule has 0 saturated carbocycles. The Labute approximate surface area is 105 Å². The first-order chi connectivity index (χ1) is 8.29. The standard InChI is InChI=1S/C14H26N2O/c1-2-12-7-10-16(11-12)14(17)4-3-13-5-8-15-9-6-13/h12-13,15H,2-11H2,1H3. The summed E-state index contributed by atoms with van der Waals surface area (Å²) in [7, 11) is 0. The zero-order valence-corrected chi connectivity index (χ0v) is 11.1. The lowest BCUT2D eigenvalue weighted by Crippen LogP contribution is -2.31. The largest absolute Gasteiger partial charge is 0.342 e. The first-order valence-corrected chi connectivity index (χ1v) is 7.28. The van der Waals surface area contributed by atoms with Crippen molar-refractivity contribution in [2.24, 2.45) is 11.8 Å². The molecule has 2 heterocycles. The fourth-order valence-electron chi connectivity index (χ4n) is 3.05. The van der Waals surface area contributed by atoms with Gasteiger partial charge in [-0.1, -0.05) is 13.3 Å². The van der Waals surface area contributed by atoms with E-state index in [2.05, 4.69) is 17.1 Å². The van der Waals surface area contributed by atoms with Gasteiger partial charge in [-0.15, -0.1) is 0 Å². The highest BCUT2D eigenvalue weighted by Gasteiger charge is 2.25. The summed E-state index contributed by atoms with van der Waals surface area (Å²) in [6.45, 7) is 6.53. The van der Waals surface area contributed by atoms with E-state index < -0.39 is 0 Å². The lowest BCUT2D eigenvalue weighted by Gasteiger charge is -2.23. The molecule has 2 saturated heterocycles. The van der Waals surface area contributed by atoms with Gasteiger partial charge in [0.15, 0.2) is 0 Å². The molecule has 98 valence electrons. The Morgan fingerprint density at radius 2 is 2.00 bits per heavy atom. The Bertz CT molecular complexity index is 249. The highest BCUT2D eigenvalue weighted by molar-refractivity contribution is 5.76. The SMILES string of the molecule is CCC1CCN(C(=O)CCC2CCNCC2)C1. The van der Waals surface area contributed by atoms with E-state index in [-0.39, 0.29) is 0 Å². The van der Waals surface area contributed by atoms with Crippen molar-refractivity contribution in [3.8, 4) is 0 Å². The van der Waals surface area contributed by atoms with Gasteiger partial charge < -0.3 is 10.2 Å². The molecular weight excluding hydrogens is 212 g/mol. The fraction of sp³-hybridized carbons (Fsp3) is 0.929. The van der Waals surface area contributed by atoms with Crippen molar-refractivity contribution in [3.05, 3.63) is 0 Å². The topological polar surface area (TPSA) is 32.3 Å². The van der Waals surface area contributed by atoms with E-state index >= 15 is 0 Å². The van der Waals surface area contributed by atoms with E-state index in [4.69, 9.17) is 0 Å². The highest BCUT2D eigenvalue weighted by atomic mass is 16.2. The van der Waals surface area contributed by atoms with Crippen molar-refractivity contribution >= 4 is 5.91 Å². The summed E-state index contributed by atoms with van der Waals surface area (Å²) in [4.78, 5) is 14.2. The number of hydrogen-bond acceptors (Lipinski definition) is 2. The monoisotopic (exact) mass is 238 g/mol. The van der Waals surface area contributed by atoms with Crippen LogP contribution < -0.4 is 5.32 Å². The van der Waals surface area contributed by atoms with Crippen LogP contribution in [0.4, 0.5) is 0 Å². The second-order valence-electron chi connectivity index (χ2n) is 5.63. The van der Waals surface area contributed by atoms with Gasteiger partial charge in [-0.3, -0.25) is 4.79 Å². The molecule has 2 aliphatic rings. The third kappa shape index (κ3) is 3.70. The van der Waals surface area contributed by atoms with Crippen LogP contribution in [0.5, 0.6) is 0 Å². The second kappa shape index (κ2) is 6.39. The van der Waals surface area contributed by atoms with Crippen LogP contribution in [0.1, 0.15) is 45.4 Å². The van der Waals surface area contributed by atoms with Crippen LogP contribution in [0, 0.1) is 11.8 Å². The van der Waals surface area contributed by atoms with Crippen LogP contribution in [0.3, 0.4) is 0 Å². The second-order valence-corrected chi connectivity index (χ2v) is 5.63. The van der Waals surface area contributed by atoms with Gasteiger partial charge in [0.25, 0.3) is 0 Å². The van der Waals surface area contributed by atoms with E-state index in [0.717, 1.165) is 50.9 Å². The predicted molar refractivity (Wildman–Crippen MR) is 69.8 cm³/mol. The Kier molecular flexibility index (Phi) is 4.84. The lowest BCUT2D eigenvalue weighted by molar-refractivity contribution is -0.130. The van der Waals surface area contributed by atoms with Gasteiger partial charge in [0, 0.05) is 19.5 Å². The molecule has 0 aromatic heterocycles. The summed E-state index contributed by atoms with van der Waals surface area (Å²) in [5.41, 5.74) is 0. The number of hydrogen-bond donors (Lipinski definition) is 1. The number of amides is 1. The zero-order chi connectivity index (χ0) is 12.1. The van der Waals surface area contributed by atoms with Gasteiger partial charge >= 0.3 is 0 Å². The summed E-state index contributed by atoms with van der Waals surface area (Å²) in [6.07, 6.45) is 6.83. The smallest absolute Gasteiger partial charge is 0.222 e. The number of nitrogens with zero attached hydrogens (tertiary/aromatic N) is 1. The Morgan fingerprint density at radius 3 is 2.65 bits per heavy atom. The minimum Gasteiger partial charge on any atom is -0.342 e. The van der Waals surface area contributed by atoms with Gasteiger partial charge in [0.05, 0.1) is 0 Å². The van der Waals surface area contributed by atoms with E-state index in [1.165, 1.54) is 25.7 Å². The molecule has 0 aromatic rings. The number of likely N-dealkylation sites (tertiary alicyclic amines) is 1. The van der Waals surface area contributed by atoms with Crippen molar-refractivity contribution in [1.82, 2.24) is 10.2 Å². The van der Waals surface area contributed by atoms with Crippen molar-refractivity contribution in [2.75, 3.05) is 26.2 Å². The van der Waals surface area contributed by atoms with E-state index in [1.807, 2.05) is 0 Å². The first-order valence-electron chi connectivity index (χ1n) is 7.28. The van der Waals surface area contributed by atoms with E-state index in [0.29, 0.717) is 5.91 Å². The van der Waals surface area contributed by atoms with Crippen LogP contribution in [0.2, 0.25) is 0 Å². The highest BCUT2D eigenvalue weighted by Crippen LogP contribution is 2.22. The van der Waals surface area contributed by atoms with Gasteiger partial charge in [0.2, 0.25) is 5.91 Å². The maximum atomic E-state index is 12.1. The molecule has 0 aliphatic carbocycles. The van der Waals surface area contributed by atoms with Crippen molar-refractivity contribution in [1.29, 1.82) is 0 Å². The third-order valence-electron chi connectivity index (χ3n) is 4.44. The number of nitrogens with one attached hydrogen (secondary N) is 1. The average Bonchev–Trinajstić information content (AvgIpc) is 2.86. The van der Waals surface area contributed by atoms with Gasteiger partial charge in [-0.25, -0.2) is 0 Å². The molecule has 1 unspecified atom stereocenters. The molecule has 0 radical (unpaired) electrons. The van der Waals surface area contributed by atoms with E-state index in [1.54, 1.807) is 0 Å². The molecule has 1 atom stereocenters. The van der Waals surface area contributed by atoms with Crippen molar-refractivity contribution < 1.29 is 4.79 Å². The Hall–Kier alpha value is -0.570. The van der Waals surface area contributed by atoms with Crippen LogP contribution in [0.25, 0.3) is 0 Å². The van der Waals surface area contributed by atoms with Crippen molar-refractivity contribution in [2.45, 2.75) is 45.4 Å². The lowest BCUT2D eigenvalue weighted by atomic mass is 9.93. The number of piperidine rings is 1. The summed E-state index contributed by atoms with van der Waals surface area (Å²) in [5, 5.41) is 3.38. The minimum absolute atomic E-state index is 0.402. The van der Waals surface area contributed by atoms with Crippen LogP contribution in [-0.4, -0.2) is 37.0 Å². The summed E-state index contributed by atoms with van der Waals surface area (Å²) >= 11 is 0. The zero-order valence-electron chi connectivity index (χ0n) is 11.1. The molecule has 1 N–H and O–H groups in total. The quantitative estimate of drug-likeness (QED) is 0.812. The normalized spacial score (nSPS) is 26.4. The molecule has 3 nitrogen and oxygen atoms in total. The fourth-order valence-corrected chi connectivity index (χ4v) is 3.05. The predicted octanol–water partition coefficient (Wildman–Crippen LogP) is 2.02. The number of rotatable bonds is 4. The van der Waals surface area contributed by atoms with Crippen LogP contribution in [-0.2, 0) is 4.79 Å². The first kappa shape index (κ1) is 12.9. The van der Waals surface area contributed by atoms with Crippen LogP contribution >= 0.6 is 0 Å². The molecule has 0 spiro atoms. The molecule has 3 heteroatoms. The van der Waals surface area contributed by atoms with Gasteiger partial charge in [-0.2, -0.15) is 0 Å². The maximum absolute atomic E-state index is 12.1. The Balaban J connectivity index is 1.66. The average molecular weight is 238 g/mol. The molecular formula is C14H26N2O. The molecule has 2 rings (SSSR count). The summed E-state index contributed by atoms with van der Waals surface area (Å²) < 4.78 is 0. The number of carbonyl (C=O) groups excluding carboxylic acids is 1. The maximum Gasteiger partial charge on any atom is 0.222 e. The Morgan fingerprint density at radius 1 is 1.24 bits per heavy atom. The molecule has 0 aromatic carbocycles. The molecule has 1 amide bonds. The molecule has 0 bridgehead atoms. The summed E-state index contributed by atoms with van der Waals surface area (Å²) in [5.74, 6) is 1.95. The van der Waals surface area contributed by atoms with Gasteiger partial charge in [0.1, 0.15) is 0 Å². The molecule has 2 aliphatic heterocycles. The molecule has 2 fully saturated rings.